The molecule has 1 unspecified atom stereocenters. The van der Waals surface area contributed by atoms with Crippen LogP contribution in [0.25, 0.3) is 10.9 Å². The second-order valence-corrected chi connectivity index (χ2v) is 5.49. The highest BCUT2D eigenvalue weighted by Crippen LogP contribution is 2.31. The van der Waals surface area contributed by atoms with E-state index in [0.29, 0.717) is 31.3 Å². The van der Waals surface area contributed by atoms with Gasteiger partial charge in [-0.2, -0.15) is 0 Å². The van der Waals surface area contributed by atoms with Crippen molar-refractivity contribution in [3.8, 4) is 11.5 Å². The topological polar surface area (TPSA) is 64.0 Å². The number of hydrogen-bond acceptors (Lipinski definition) is 6. The third kappa shape index (κ3) is 4.10. The van der Waals surface area contributed by atoms with Crippen LogP contribution in [0.2, 0.25) is 0 Å². The van der Waals surface area contributed by atoms with E-state index < -0.39 is 6.10 Å². The Morgan fingerprint density at radius 1 is 1.35 bits per heavy atom. The van der Waals surface area contributed by atoms with Gasteiger partial charge < -0.3 is 19.3 Å². The molecule has 123 valence electrons. The van der Waals surface area contributed by atoms with E-state index in [1.165, 1.54) is 0 Å². The molecule has 0 amide bonds. The van der Waals surface area contributed by atoms with Crippen molar-refractivity contribution in [3.05, 3.63) is 30.5 Å². The number of pyridine rings is 1. The first kappa shape index (κ1) is 16.0. The summed E-state index contributed by atoms with van der Waals surface area (Å²) in [5, 5.41) is 11.0. The van der Waals surface area contributed by atoms with Gasteiger partial charge in [0.2, 0.25) is 0 Å². The molecule has 1 aliphatic rings. The van der Waals surface area contributed by atoms with Crippen LogP contribution >= 0.6 is 0 Å². The third-order valence-corrected chi connectivity index (χ3v) is 3.81. The number of benzene rings is 1. The molecular weight excluding hydrogens is 296 g/mol. The summed E-state index contributed by atoms with van der Waals surface area (Å²) < 4.78 is 16.4. The van der Waals surface area contributed by atoms with E-state index in [1.807, 2.05) is 12.1 Å². The Labute approximate surface area is 135 Å². The van der Waals surface area contributed by atoms with Crippen LogP contribution < -0.4 is 9.47 Å². The van der Waals surface area contributed by atoms with Crippen LogP contribution in [0.4, 0.5) is 0 Å². The van der Waals surface area contributed by atoms with Gasteiger partial charge in [-0.1, -0.05) is 0 Å². The first-order chi connectivity index (χ1) is 11.3. The van der Waals surface area contributed by atoms with Gasteiger partial charge >= 0.3 is 0 Å². The van der Waals surface area contributed by atoms with Crippen LogP contribution in [-0.4, -0.2) is 67.7 Å². The van der Waals surface area contributed by atoms with Crippen molar-refractivity contribution in [1.82, 2.24) is 9.88 Å². The Hall–Kier alpha value is -1.89. The molecule has 0 bridgehead atoms. The first-order valence-corrected chi connectivity index (χ1v) is 7.71. The number of morpholine rings is 1. The first-order valence-electron chi connectivity index (χ1n) is 7.71. The summed E-state index contributed by atoms with van der Waals surface area (Å²) in [5.74, 6) is 1.19. The van der Waals surface area contributed by atoms with Crippen molar-refractivity contribution in [3.63, 3.8) is 0 Å². The fourth-order valence-corrected chi connectivity index (χ4v) is 2.61. The van der Waals surface area contributed by atoms with Crippen molar-refractivity contribution >= 4 is 10.9 Å². The monoisotopic (exact) mass is 317 g/mol. The van der Waals surface area contributed by atoms with Crippen molar-refractivity contribution < 1.29 is 19.3 Å². The van der Waals surface area contributed by atoms with Gasteiger partial charge in [0.1, 0.15) is 12.7 Å². The second-order valence-electron chi connectivity index (χ2n) is 5.49. The number of nitrogens with zero attached hydrogens (tertiary/aromatic N) is 2. The van der Waals surface area contributed by atoms with Crippen molar-refractivity contribution in [1.29, 1.82) is 0 Å². The summed E-state index contributed by atoms with van der Waals surface area (Å²) in [5.41, 5.74) is 0.783. The average molecular weight is 317 g/mol. The molecule has 1 atom stereocenters. The van der Waals surface area contributed by atoms with E-state index in [0.717, 1.165) is 24.0 Å². The fraction of sp³-hybridized carbons (Fsp3) is 0.471. The zero-order valence-corrected chi connectivity index (χ0v) is 13.2. The Morgan fingerprint density at radius 3 is 2.96 bits per heavy atom. The Kier molecular flexibility index (Phi) is 5.27. The molecule has 1 radical (unpaired) electrons. The van der Waals surface area contributed by atoms with Crippen molar-refractivity contribution in [2.24, 2.45) is 0 Å². The number of β-amino-alcohol motifs (C(OH)–C–C–N with tert-alkyl or cyclic N) is 1. The number of rotatable bonds is 6. The van der Waals surface area contributed by atoms with E-state index >= 15 is 0 Å². The summed E-state index contributed by atoms with van der Waals surface area (Å²) in [4.78, 5) is 6.46. The fourth-order valence-electron chi connectivity index (χ4n) is 2.61. The maximum atomic E-state index is 10.2. The summed E-state index contributed by atoms with van der Waals surface area (Å²) in [7, 11) is 1.59. The van der Waals surface area contributed by atoms with Crippen LogP contribution in [0, 0.1) is 6.07 Å². The third-order valence-electron chi connectivity index (χ3n) is 3.81. The number of hydrogen-bond donors (Lipinski definition) is 1. The molecule has 2 aromatic rings. The normalized spacial score (nSPS) is 17.1. The average Bonchev–Trinajstić information content (AvgIpc) is 2.60. The van der Waals surface area contributed by atoms with Gasteiger partial charge in [-0.25, -0.2) is 0 Å². The van der Waals surface area contributed by atoms with Crippen LogP contribution in [0.3, 0.4) is 0 Å². The van der Waals surface area contributed by atoms with Gasteiger partial charge in [0.25, 0.3) is 0 Å². The van der Waals surface area contributed by atoms with Crippen LogP contribution in [0.15, 0.2) is 24.4 Å². The van der Waals surface area contributed by atoms with Crippen molar-refractivity contribution in [2.75, 3.05) is 46.6 Å². The highest BCUT2D eigenvalue weighted by molar-refractivity contribution is 5.81. The van der Waals surface area contributed by atoms with E-state index in [2.05, 4.69) is 16.0 Å². The minimum Gasteiger partial charge on any atom is -0.493 e. The molecule has 3 rings (SSSR count). The van der Waals surface area contributed by atoms with Crippen LogP contribution in [-0.2, 0) is 4.74 Å². The lowest BCUT2D eigenvalue weighted by atomic mass is 10.2. The number of methoxy groups -OCH3 is 1. The quantitative estimate of drug-likeness (QED) is 0.861. The zero-order valence-electron chi connectivity index (χ0n) is 13.2. The maximum Gasteiger partial charge on any atom is 0.163 e. The Balaban J connectivity index is 1.63. The van der Waals surface area contributed by atoms with Gasteiger partial charge in [-0.15, -0.1) is 0 Å². The minimum atomic E-state index is -0.566. The van der Waals surface area contributed by atoms with Crippen LogP contribution in [0.5, 0.6) is 11.5 Å². The molecule has 1 saturated heterocycles. The predicted molar refractivity (Wildman–Crippen MR) is 85.9 cm³/mol. The molecule has 1 aliphatic heterocycles. The number of ether oxygens (including phenoxy) is 3. The second kappa shape index (κ2) is 7.59. The number of fused-ring (bicyclic) bond motifs is 1. The maximum absolute atomic E-state index is 10.2. The van der Waals surface area contributed by atoms with Gasteiger partial charge in [0.15, 0.2) is 11.5 Å². The summed E-state index contributed by atoms with van der Waals surface area (Å²) in [6.07, 6.45) is 1.12. The predicted octanol–water partition coefficient (Wildman–Crippen LogP) is 1.12. The number of aliphatic hydroxyl groups is 1. The molecule has 1 aromatic heterocycles. The highest BCUT2D eigenvalue weighted by Gasteiger charge is 2.16. The lowest BCUT2D eigenvalue weighted by Crippen LogP contribution is -2.42. The largest absolute Gasteiger partial charge is 0.493 e. The molecule has 0 spiro atoms. The molecule has 1 N–H and O–H groups in total. The van der Waals surface area contributed by atoms with E-state index in [1.54, 1.807) is 19.4 Å². The SMILES string of the molecule is COc1cc2[c]ccnc2cc1OCC(O)CN1CCOCC1. The minimum absolute atomic E-state index is 0.204. The zero-order chi connectivity index (χ0) is 16.1. The van der Waals surface area contributed by atoms with Gasteiger partial charge in [-0.3, -0.25) is 9.88 Å². The molecule has 0 saturated carbocycles. The molecule has 6 nitrogen and oxygen atoms in total. The van der Waals surface area contributed by atoms with E-state index in [-0.39, 0.29) is 6.61 Å². The van der Waals surface area contributed by atoms with Gasteiger partial charge in [-0.05, 0) is 18.2 Å². The summed E-state index contributed by atoms with van der Waals surface area (Å²) in [6, 6.07) is 8.52. The summed E-state index contributed by atoms with van der Waals surface area (Å²) >= 11 is 0. The lowest BCUT2D eigenvalue weighted by molar-refractivity contribution is 0.00446. The highest BCUT2D eigenvalue weighted by atomic mass is 16.5. The lowest BCUT2D eigenvalue weighted by Gasteiger charge is -2.28. The molecule has 1 fully saturated rings. The molecule has 6 heteroatoms. The van der Waals surface area contributed by atoms with Gasteiger partial charge in [0, 0.05) is 37.3 Å². The van der Waals surface area contributed by atoms with Crippen molar-refractivity contribution in [2.45, 2.75) is 6.10 Å². The Bertz CT molecular complexity index is 644. The summed E-state index contributed by atoms with van der Waals surface area (Å²) in [6.45, 7) is 3.90. The van der Waals surface area contributed by atoms with Crippen LogP contribution in [0.1, 0.15) is 0 Å². The molecule has 2 heterocycles. The molecule has 23 heavy (non-hydrogen) atoms. The number of aliphatic hydroxyl groups excluding tert-OH is 1. The molecular formula is C17H21N2O4. The van der Waals surface area contributed by atoms with Gasteiger partial charge in [0.05, 0.1) is 25.8 Å². The molecule has 0 aliphatic carbocycles. The smallest absolute Gasteiger partial charge is 0.163 e. The standard InChI is InChI=1S/C17H21N2O4/c1-21-16-9-13-3-2-4-18-15(13)10-17(16)23-12-14(20)11-19-5-7-22-8-6-19/h2,4,9-10,14,20H,5-8,11-12H2,1H3. The number of aromatic nitrogens is 1. The molecule has 1 aromatic carbocycles. The van der Waals surface area contributed by atoms with E-state index in [9.17, 15) is 5.11 Å². The van der Waals surface area contributed by atoms with E-state index in [4.69, 9.17) is 14.2 Å². The Morgan fingerprint density at radius 2 is 2.17 bits per heavy atom.